The fraction of sp³-hybridized carbons (Fsp3) is 0.200. The molecule has 0 unspecified atom stereocenters. The Hall–Kier alpha value is -0.870. The Morgan fingerprint density at radius 1 is 1.60 bits per heavy atom. The van der Waals surface area contributed by atoms with Gasteiger partial charge < -0.3 is 14.8 Å². The van der Waals surface area contributed by atoms with E-state index in [1.54, 1.807) is 23.3 Å². The number of carbonyl (C=O) groups excluding carboxylic acids is 1. The summed E-state index contributed by atoms with van der Waals surface area (Å²) in [7, 11) is 0. The molecule has 0 aromatic carbocycles. The van der Waals surface area contributed by atoms with Gasteiger partial charge in [-0.1, -0.05) is 0 Å². The summed E-state index contributed by atoms with van der Waals surface area (Å²) in [6.45, 7) is 0.403. The summed E-state index contributed by atoms with van der Waals surface area (Å²) in [4.78, 5) is 13.6. The highest BCUT2D eigenvalue weighted by Crippen LogP contribution is 1.80. The van der Waals surface area contributed by atoms with Crippen molar-refractivity contribution < 1.29 is 10.3 Å². The molecule has 0 bridgehead atoms. The van der Waals surface area contributed by atoms with E-state index in [-0.39, 0.29) is 17.9 Å². The van der Waals surface area contributed by atoms with Crippen molar-refractivity contribution in [2.45, 2.75) is 6.54 Å². The van der Waals surface area contributed by atoms with Crippen molar-refractivity contribution in [1.82, 2.24) is 9.55 Å². The normalized spacial score (nSPS) is 7.20. The maximum atomic E-state index is 9.82. The maximum absolute atomic E-state index is 9.82. The molecule has 10 heavy (non-hydrogen) atoms. The summed E-state index contributed by atoms with van der Waals surface area (Å²) in [6, 6.07) is 0. The monoisotopic (exact) mass is 164 g/mol. The maximum Gasteiger partial charge on any atom is 0.139 e. The molecule has 4 nitrogen and oxygen atoms in total. The van der Waals surface area contributed by atoms with Gasteiger partial charge in [0, 0.05) is 12.4 Å². The van der Waals surface area contributed by atoms with Crippen molar-refractivity contribution in [2.24, 2.45) is 0 Å². The zero-order valence-electron chi connectivity index (χ0n) is 5.23. The molecule has 0 fully saturated rings. The summed E-state index contributed by atoms with van der Waals surface area (Å²) in [5, 5.41) is 0. The van der Waals surface area contributed by atoms with Crippen LogP contribution in [0, 0.1) is 0 Å². The number of halogens is 1. The molecule has 2 N–H and O–H groups in total. The van der Waals surface area contributed by atoms with Gasteiger partial charge in [0.2, 0.25) is 0 Å². The van der Waals surface area contributed by atoms with Gasteiger partial charge in [-0.05, 0) is 0 Å². The van der Waals surface area contributed by atoms with E-state index in [0.29, 0.717) is 6.54 Å². The molecule has 1 heterocycles. The number of rotatable bonds is 2. The topological polar surface area (TPSA) is 66.4 Å². The van der Waals surface area contributed by atoms with Crippen LogP contribution < -0.4 is 0 Å². The quantitative estimate of drug-likeness (QED) is 0.563. The average molecular weight is 165 g/mol. The van der Waals surface area contributed by atoms with Gasteiger partial charge in [0.15, 0.2) is 0 Å². The van der Waals surface area contributed by atoms with Crippen molar-refractivity contribution in [2.75, 3.05) is 0 Å². The smallest absolute Gasteiger partial charge is 0.139 e. The Kier molecular flexibility index (Phi) is 7.42. The van der Waals surface area contributed by atoms with Crippen LogP contribution in [0.4, 0.5) is 0 Å². The van der Waals surface area contributed by atoms with Gasteiger partial charge in [-0.2, -0.15) is 0 Å². The van der Waals surface area contributed by atoms with Crippen LogP contribution >= 0.6 is 12.4 Å². The molecular formula is C5H9ClN2O2. The molecule has 5 heteroatoms. The van der Waals surface area contributed by atoms with Crippen LogP contribution in [0.5, 0.6) is 0 Å². The first-order chi connectivity index (χ1) is 3.93. The van der Waals surface area contributed by atoms with E-state index in [4.69, 9.17) is 0 Å². The Balaban J connectivity index is 0. The zero-order chi connectivity index (χ0) is 5.82. The fourth-order valence-corrected chi connectivity index (χ4v) is 0.481. The summed E-state index contributed by atoms with van der Waals surface area (Å²) < 4.78 is 1.70. The van der Waals surface area contributed by atoms with Crippen molar-refractivity contribution in [3.63, 3.8) is 0 Å². The van der Waals surface area contributed by atoms with Crippen molar-refractivity contribution in [3.8, 4) is 0 Å². The lowest BCUT2D eigenvalue weighted by Crippen LogP contribution is -1.93. The van der Waals surface area contributed by atoms with Crippen LogP contribution in [-0.2, 0) is 11.3 Å². The molecule has 0 saturated carbocycles. The van der Waals surface area contributed by atoms with E-state index in [0.717, 1.165) is 6.29 Å². The highest BCUT2D eigenvalue weighted by molar-refractivity contribution is 5.85. The summed E-state index contributed by atoms with van der Waals surface area (Å²) in [6.07, 6.45) is 5.83. The van der Waals surface area contributed by atoms with Gasteiger partial charge >= 0.3 is 0 Å². The molecule has 1 aromatic rings. The van der Waals surface area contributed by atoms with Crippen LogP contribution in [0.15, 0.2) is 18.7 Å². The molecule has 0 saturated heterocycles. The molecule has 0 aliphatic rings. The van der Waals surface area contributed by atoms with Gasteiger partial charge in [-0.3, -0.25) is 0 Å². The van der Waals surface area contributed by atoms with Gasteiger partial charge in [-0.25, -0.2) is 4.98 Å². The number of carbonyl (C=O) groups is 1. The number of nitrogens with zero attached hydrogens (tertiary/aromatic N) is 2. The molecule has 1 rings (SSSR count). The van der Waals surface area contributed by atoms with Crippen molar-refractivity contribution in [3.05, 3.63) is 18.7 Å². The minimum Gasteiger partial charge on any atom is -0.412 e. The Morgan fingerprint density at radius 2 is 2.30 bits per heavy atom. The van der Waals surface area contributed by atoms with E-state index >= 15 is 0 Å². The highest BCUT2D eigenvalue weighted by atomic mass is 35.5. The third kappa shape index (κ3) is 3.21. The number of hydrogen-bond acceptors (Lipinski definition) is 2. The second kappa shape index (κ2) is 6.25. The summed E-state index contributed by atoms with van der Waals surface area (Å²) in [5.74, 6) is 0. The first kappa shape index (κ1) is 11.9. The van der Waals surface area contributed by atoms with Crippen LogP contribution in [0.1, 0.15) is 0 Å². The van der Waals surface area contributed by atoms with Crippen molar-refractivity contribution >= 4 is 18.7 Å². The first-order valence-corrected chi connectivity index (χ1v) is 2.33. The molecule has 0 aliphatic heterocycles. The van der Waals surface area contributed by atoms with E-state index in [1.165, 1.54) is 0 Å². The number of aromatic nitrogens is 2. The molecule has 0 radical (unpaired) electrons. The molecule has 0 spiro atoms. The highest BCUT2D eigenvalue weighted by Gasteiger charge is 1.81. The minimum absolute atomic E-state index is 0. The Labute approximate surface area is 64.6 Å². The average Bonchev–Trinajstić information content (AvgIpc) is 2.19. The third-order valence-electron chi connectivity index (χ3n) is 0.845. The molecule has 0 aliphatic carbocycles. The van der Waals surface area contributed by atoms with Crippen LogP contribution in [0.2, 0.25) is 0 Å². The summed E-state index contributed by atoms with van der Waals surface area (Å²) in [5.41, 5.74) is 0. The molecule has 0 atom stereocenters. The van der Waals surface area contributed by atoms with E-state index in [9.17, 15) is 4.79 Å². The van der Waals surface area contributed by atoms with Gasteiger partial charge in [0.25, 0.3) is 0 Å². The molecule has 1 aromatic heterocycles. The SMILES string of the molecule is Cl.O.O=CCn1ccnc1. The number of aldehydes is 1. The van der Waals surface area contributed by atoms with Gasteiger partial charge in [0.05, 0.1) is 12.9 Å². The second-order valence-corrected chi connectivity index (χ2v) is 1.43. The molecule has 0 amide bonds. The van der Waals surface area contributed by atoms with Crippen LogP contribution in [0.25, 0.3) is 0 Å². The van der Waals surface area contributed by atoms with E-state index in [2.05, 4.69) is 4.98 Å². The standard InChI is InChI=1S/C5H6N2O.ClH.H2O/c8-4-3-7-2-1-6-5-7;;/h1-2,4-5H,3H2;1H;1H2. The van der Waals surface area contributed by atoms with E-state index in [1.807, 2.05) is 0 Å². The second-order valence-electron chi connectivity index (χ2n) is 1.43. The van der Waals surface area contributed by atoms with Crippen LogP contribution in [0.3, 0.4) is 0 Å². The summed E-state index contributed by atoms with van der Waals surface area (Å²) >= 11 is 0. The molecule has 58 valence electrons. The Bertz CT molecular complexity index is 164. The van der Waals surface area contributed by atoms with Crippen molar-refractivity contribution in [1.29, 1.82) is 0 Å². The minimum atomic E-state index is 0. The zero-order valence-corrected chi connectivity index (χ0v) is 6.04. The number of hydrogen-bond donors (Lipinski definition) is 0. The lowest BCUT2D eigenvalue weighted by atomic mass is 10.7. The molecular weight excluding hydrogens is 156 g/mol. The Morgan fingerprint density at radius 3 is 2.70 bits per heavy atom. The fourth-order valence-electron chi connectivity index (χ4n) is 0.481. The largest absolute Gasteiger partial charge is 0.412 e. The van der Waals surface area contributed by atoms with Gasteiger partial charge in [-0.15, -0.1) is 12.4 Å². The number of imidazole rings is 1. The lowest BCUT2D eigenvalue weighted by molar-refractivity contribution is -0.108. The predicted molar refractivity (Wildman–Crippen MR) is 39.2 cm³/mol. The third-order valence-corrected chi connectivity index (χ3v) is 0.845. The van der Waals surface area contributed by atoms with Crippen LogP contribution in [-0.4, -0.2) is 21.3 Å². The lowest BCUT2D eigenvalue weighted by Gasteiger charge is -1.87. The van der Waals surface area contributed by atoms with E-state index < -0.39 is 0 Å². The first-order valence-electron chi connectivity index (χ1n) is 2.33. The van der Waals surface area contributed by atoms with Gasteiger partial charge in [0.1, 0.15) is 6.29 Å². The predicted octanol–water partition coefficient (Wildman–Crippen LogP) is -0.321.